The van der Waals surface area contributed by atoms with Gasteiger partial charge in [-0.15, -0.1) is 0 Å². The summed E-state index contributed by atoms with van der Waals surface area (Å²) in [5, 5.41) is 4.19. The van der Waals surface area contributed by atoms with Crippen LogP contribution in [0.25, 0.3) is 0 Å². The first-order valence-electron chi connectivity index (χ1n) is 5.44. The smallest absolute Gasteiger partial charge is 0.165 e. The van der Waals surface area contributed by atoms with E-state index in [0.29, 0.717) is 6.54 Å². The standard InChI is InChI=1S/C12H14BrN3O/c13-10-2-4-11(5-3-10)17-12-8-15-16(9-12)7-1-6-14/h2-5,8-9H,1,6-7,14H2. The molecule has 0 radical (unpaired) electrons. The van der Waals surface area contributed by atoms with Crippen molar-refractivity contribution in [2.24, 2.45) is 5.73 Å². The van der Waals surface area contributed by atoms with Gasteiger partial charge in [-0.25, -0.2) is 0 Å². The lowest BCUT2D eigenvalue weighted by atomic mass is 10.3. The summed E-state index contributed by atoms with van der Waals surface area (Å²) in [6.07, 6.45) is 4.50. The summed E-state index contributed by atoms with van der Waals surface area (Å²) in [4.78, 5) is 0. The lowest BCUT2D eigenvalue weighted by Crippen LogP contribution is -2.05. The highest BCUT2D eigenvalue weighted by molar-refractivity contribution is 9.10. The SMILES string of the molecule is NCCCn1cc(Oc2ccc(Br)cc2)cn1. The molecule has 0 saturated carbocycles. The van der Waals surface area contributed by atoms with E-state index >= 15 is 0 Å². The molecule has 90 valence electrons. The summed E-state index contributed by atoms with van der Waals surface area (Å²) in [6.45, 7) is 1.49. The van der Waals surface area contributed by atoms with Crippen LogP contribution in [-0.4, -0.2) is 16.3 Å². The van der Waals surface area contributed by atoms with Gasteiger partial charge in [-0.3, -0.25) is 4.68 Å². The minimum atomic E-state index is 0.669. The topological polar surface area (TPSA) is 53.1 Å². The average Bonchev–Trinajstić information content (AvgIpc) is 2.77. The maximum absolute atomic E-state index is 5.66. The number of aryl methyl sites for hydroxylation is 1. The monoisotopic (exact) mass is 295 g/mol. The Kier molecular flexibility index (Phi) is 4.17. The van der Waals surface area contributed by atoms with E-state index in [-0.39, 0.29) is 0 Å². The highest BCUT2D eigenvalue weighted by Gasteiger charge is 2.01. The van der Waals surface area contributed by atoms with Gasteiger partial charge in [0.05, 0.1) is 12.4 Å². The van der Waals surface area contributed by atoms with E-state index in [1.165, 1.54) is 0 Å². The van der Waals surface area contributed by atoms with Crippen LogP contribution in [0.5, 0.6) is 11.5 Å². The van der Waals surface area contributed by atoms with Gasteiger partial charge in [-0.2, -0.15) is 5.10 Å². The van der Waals surface area contributed by atoms with Crippen molar-refractivity contribution in [3.63, 3.8) is 0 Å². The lowest BCUT2D eigenvalue weighted by molar-refractivity contribution is 0.480. The molecule has 0 aliphatic carbocycles. The van der Waals surface area contributed by atoms with Gasteiger partial charge in [0.15, 0.2) is 5.75 Å². The van der Waals surface area contributed by atoms with Gasteiger partial charge in [0.2, 0.25) is 0 Å². The Balaban J connectivity index is 1.98. The Morgan fingerprint density at radius 1 is 1.24 bits per heavy atom. The number of nitrogens with two attached hydrogens (primary N) is 1. The number of nitrogens with zero attached hydrogens (tertiary/aromatic N) is 2. The summed E-state index contributed by atoms with van der Waals surface area (Å²) in [5.74, 6) is 1.54. The minimum Gasteiger partial charge on any atom is -0.454 e. The normalized spacial score (nSPS) is 10.5. The van der Waals surface area contributed by atoms with E-state index < -0.39 is 0 Å². The molecule has 0 fully saturated rings. The van der Waals surface area contributed by atoms with Crippen LogP contribution < -0.4 is 10.5 Å². The lowest BCUT2D eigenvalue weighted by Gasteiger charge is -2.02. The molecule has 0 bridgehead atoms. The molecule has 0 aliphatic heterocycles. The van der Waals surface area contributed by atoms with Gasteiger partial charge in [0, 0.05) is 11.0 Å². The van der Waals surface area contributed by atoms with Crippen LogP contribution in [0.1, 0.15) is 6.42 Å². The zero-order valence-corrected chi connectivity index (χ0v) is 10.9. The minimum absolute atomic E-state index is 0.669. The first-order chi connectivity index (χ1) is 8.28. The molecule has 1 aromatic heterocycles. The Labute approximate surface area is 109 Å². The second-order valence-corrected chi connectivity index (χ2v) is 4.55. The molecule has 0 amide bonds. The number of benzene rings is 1. The third kappa shape index (κ3) is 3.57. The highest BCUT2D eigenvalue weighted by Crippen LogP contribution is 2.22. The number of hydrogen-bond donors (Lipinski definition) is 1. The summed E-state index contributed by atoms with van der Waals surface area (Å²) in [7, 11) is 0. The molecule has 0 aliphatic rings. The van der Waals surface area contributed by atoms with E-state index in [0.717, 1.165) is 28.9 Å². The Morgan fingerprint density at radius 3 is 2.71 bits per heavy atom. The van der Waals surface area contributed by atoms with Crippen molar-refractivity contribution in [2.45, 2.75) is 13.0 Å². The highest BCUT2D eigenvalue weighted by atomic mass is 79.9. The molecule has 2 aromatic rings. The van der Waals surface area contributed by atoms with Crippen LogP contribution in [0, 0.1) is 0 Å². The van der Waals surface area contributed by atoms with E-state index in [1.54, 1.807) is 6.20 Å². The van der Waals surface area contributed by atoms with Gasteiger partial charge >= 0.3 is 0 Å². The summed E-state index contributed by atoms with van der Waals surface area (Å²) in [6, 6.07) is 7.69. The molecule has 17 heavy (non-hydrogen) atoms. The molecule has 1 heterocycles. The van der Waals surface area contributed by atoms with Crippen molar-refractivity contribution in [3.8, 4) is 11.5 Å². The summed E-state index contributed by atoms with van der Waals surface area (Å²) in [5.41, 5.74) is 5.44. The maximum atomic E-state index is 5.66. The summed E-state index contributed by atoms with van der Waals surface area (Å²) >= 11 is 3.38. The van der Waals surface area contributed by atoms with E-state index in [4.69, 9.17) is 10.5 Å². The van der Waals surface area contributed by atoms with Gasteiger partial charge in [-0.05, 0) is 37.2 Å². The van der Waals surface area contributed by atoms with Crippen LogP contribution in [-0.2, 0) is 6.54 Å². The first-order valence-corrected chi connectivity index (χ1v) is 6.23. The molecule has 4 nitrogen and oxygen atoms in total. The van der Waals surface area contributed by atoms with Crippen molar-refractivity contribution in [1.82, 2.24) is 9.78 Å². The van der Waals surface area contributed by atoms with Crippen molar-refractivity contribution in [1.29, 1.82) is 0 Å². The quantitative estimate of drug-likeness (QED) is 0.923. The number of aromatic nitrogens is 2. The molecular formula is C12H14BrN3O. The zero-order valence-electron chi connectivity index (χ0n) is 9.34. The Hall–Kier alpha value is -1.33. The molecule has 5 heteroatoms. The number of rotatable bonds is 5. The zero-order chi connectivity index (χ0) is 12.1. The molecule has 0 unspecified atom stereocenters. The molecule has 0 saturated heterocycles. The molecule has 2 N–H and O–H groups in total. The van der Waals surface area contributed by atoms with Crippen molar-refractivity contribution in [2.75, 3.05) is 6.54 Å². The van der Waals surface area contributed by atoms with Crippen molar-refractivity contribution >= 4 is 15.9 Å². The van der Waals surface area contributed by atoms with Crippen molar-refractivity contribution in [3.05, 3.63) is 41.1 Å². The fourth-order valence-electron chi connectivity index (χ4n) is 1.41. The fraction of sp³-hybridized carbons (Fsp3) is 0.250. The van der Waals surface area contributed by atoms with Crippen LogP contribution in [0.15, 0.2) is 41.1 Å². The van der Waals surface area contributed by atoms with E-state index in [2.05, 4.69) is 21.0 Å². The Bertz CT molecular complexity index is 467. The van der Waals surface area contributed by atoms with E-state index in [9.17, 15) is 0 Å². The number of ether oxygens (including phenoxy) is 1. The molecular weight excluding hydrogens is 282 g/mol. The molecule has 0 atom stereocenters. The van der Waals surface area contributed by atoms with Gasteiger partial charge in [0.1, 0.15) is 5.75 Å². The third-order valence-electron chi connectivity index (χ3n) is 2.25. The number of halogens is 1. The first kappa shape index (κ1) is 12.1. The predicted molar refractivity (Wildman–Crippen MR) is 70.1 cm³/mol. The largest absolute Gasteiger partial charge is 0.454 e. The van der Waals surface area contributed by atoms with Crippen molar-refractivity contribution < 1.29 is 4.74 Å². The average molecular weight is 296 g/mol. The second kappa shape index (κ2) is 5.84. The van der Waals surface area contributed by atoms with Gasteiger partial charge < -0.3 is 10.5 Å². The maximum Gasteiger partial charge on any atom is 0.165 e. The van der Waals surface area contributed by atoms with Crippen LogP contribution >= 0.6 is 15.9 Å². The van der Waals surface area contributed by atoms with Crippen LogP contribution in [0.4, 0.5) is 0 Å². The van der Waals surface area contributed by atoms with Gasteiger partial charge in [-0.1, -0.05) is 15.9 Å². The molecule has 0 spiro atoms. The molecule has 1 aromatic carbocycles. The Morgan fingerprint density at radius 2 is 2.00 bits per heavy atom. The number of hydrogen-bond acceptors (Lipinski definition) is 3. The predicted octanol–water partition coefficient (Wildman–Crippen LogP) is 2.79. The van der Waals surface area contributed by atoms with Crippen LogP contribution in [0.3, 0.4) is 0 Å². The van der Waals surface area contributed by atoms with E-state index in [1.807, 2.05) is 35.1 Å². The molecule has 2 rings (SSSR count). The third-order valence-corrected chi connectivity index (χ3v) is 2.78. The summed E-state index contributed by atoms with van der Waals surface area (Å²) < 4.78 is 8.52. The fourth-order valence-corrected chi connectivity index (χ4v) is 1.68. The second-order valence-electron chi connectivity index (χ2n) is 3.64. The van der Waals surface area contributed by atoms with Gasteiger partial charge in [0.25, 0.3) is 0 Å². The van der Waals surface area contributed by atoms with Crippen LogP contribution in [0.2, 0.25) is 0 Å².